The van der Waals surface area contributed by atoms with E-state index in [4.69, 9.17) is 4.74 Å². The Bertz CT molecular complexity index is 798. The maximum atomic E-state index is 12.6. The number of rotatable bonds is 4. The van der Waals surface area contributed by atoms with Crippen molar-refractivity contribution in [3.8, 4) is 5.75 Å². The van der Waals surface area contributed by atoms with Crippen LogP contribution < -0.4 is 4.74 Å². The van der Waals surface area contributed by atoms with Gasteiger partial charge in [0.2, 0.25) is 0 Å². The van der Waals surface area contributed by atoms with Crippen LogP contribution in [0.1, 0.15) is 39.4 Å². The molecule has 0 radical (unpaired) electrons. The smallest absolute Gasteiger partial charge is 0.322 e. The number of allylic oxidation sites excluding steroid dienone is 1. The van der Waals surface area contributed by atoms with Crippen LogP contribution in [0.4, 0.5) is 0 Å². The summed E-state index contributed by atoms with van der Waals surface area (Å²) in [5, 5.41) is 0.302. The number of methoxy groups -OCH3 is 1. The molecule has 0 aliphatic heterocycles. The number of ether oxygens (including phenoxy) is 1. The molecule has 0 amide bonds. The number of carbonyl (C=O) groups excluding carboxylic acids is 1. The average molecular weight is 331 g/mol. The maximum absolute atomic E-state index is 12.6. The van der Waals surface area contributed by atoms with E-state index in [2.05, 4.69) is 15.0 Å². The Morgan fingerprint density at radius 1 is 1.43 bits per heavy atom. The lowest BCUT2D eigenvalue weighted by atomic mass is 10.1. The molecule has 1 aliphatic carbocycles. The zero-order chi connectivity index (χ0) is 16.6. The van der Waals surface area contributed by atoms with Crippen molar-refractivity contribution >= 4 is 23.0 Å². The van der Waals surface area contributed by atoms with Gasteiger partial charge in [-0.2, -0.15) is 4.98 Å². The van der Waals surface area contributed by atoms with Crippen LogP contribution in [-0.4, -0.2) is 32.4 Å². The van der Waals surface area contributed by atoms with Gasteiger partial charge in [0.25, 0.3) is 0 Å². The van der Waals surface area contributed by atoms with Gasteiger partial charge in [0.15, 0.2) is 11.5 Å². The van der Waals surface area contributed by atoms with Gasteiger partial charge in [-0.05, 0) is 19.9 Å². The molecule has 0 spiro atoms. The standard InChI is InChI=1S/C16H17N3O3S/c1-9-7-17-12(10(2)15(9)22-3)8-23(21)16-18-11-5-4-6-13(20)14(11)19-16/h4-5,7H,6,8H2,1-3H3,(H,18,19). The minimum Gasteiger partial charge on any atom is -0.609 e. The molecule has 2 aromatic heterocycles. The first-order valence-corrected chi connectivity index (χ1v) is 8.50. The van der Waals surface area contributed by atoms with Crippen LogP contribution in [0.25, 0.3) is 6.08 Å². The highest BCUT2D eigenvalue weighted by atomic mass is 32.2. The van der Waals surface area contributed by atoms with Crippen LogP contribution in [0.3, 0.4) is 0 Å². The maximum Gasteiger partial charge on any atom is 0.322 e. The summed E-state index contributed by atoms with van der Waals surface area (Å²) in [6.07, 6.45) is 5.60. The number of nitrogens with one attached hydrogen (secondary N) is 1. The summed E-state index contributed by atoms with van der Waals surface area (Å²) in [6, 6.07) is 0. The summed E-state index contributed by atoms with van der Waals surface area (Å²) in [5.41, 5.74) is 3.48. The molecule has 1 unspecified atom stereocenters. The fourth-order valence-corrected chi connectivity index (χ4v) is 3.69. The SMILES string of the molecule is COc1c(C)cnc(C[S+]([O-])c2nc3c([nH]2)C=CCC3=O)c1C. The molecule has 0 fully saturated rings. The van der Waals surface area contributed by atoms with E-state index in [1.54, 1.807) is 25.5 Å². The number of aromatic nitrogens is 3. The number of imidazole rings is 1. The van der Waals surface area contributed by atoms with E-state index < -0.39 is 11.2 Å². The number of hydrogen-bond donors (Lipinski definition) is 1. The second-order valence-corrected chi connectivity index (χ2v) is 6.74. The second-order valence-electron chi connectivity index (χ2n) is 5.37. The Kier molecular flexibility index (Phi) is 4.23. The van der Waals surface area contributed by atoms with Crippen molar-refractivity contribution in [2.24, 2.45) is 0 Å². The van der Waals surface area contributed by atoms with Gasteiger partial charge in [-0.1, -0.05) is 6.08 Å². The number of carbonyl (C=O) groups is 1. The minimum atomic E-state index is -1.41. The highest BCUT2D eigenvalue weighted by Gasteiger charge is 2.25. The number of fused-ring (bicyclic) bond motifs is 1. The quantitative estimate of drug-likeness (QED) is 0.868. The van der Waals surface area contributed by atoms with Crippen molar-refractivity contribution in [3.63, 3.8) is 0 Å². The summed E-state index contributed by atoms with van der Waals surface area (Å²) in [7, 11) is 1.61. The molecule has 0 saturated heterocycles. The Hall–Kier alpha value is -2.12. The highest BCUT2D eigenvalue weighted by molar-refractivity contribution is 7.90. The predicted octanol–water partition coefficient (Wildman–Crippen LogP) is 2.34. The lowest BCUT2D eigenvalue weighted by Crippen LogP contribution is -2.11. The molecular formula is C16H17N3O3S. The number of ketones is 1. The fourth-order valence-electron chi connectivity index (χ4n) is 2.59. The van der Waals surface area contributed by atoms with Gasteiger partial charge < -0.3 is 9.29 Å². The van der Waals surface area contributed by atoms with Gasteiger partial charge in [0.1, 0.15) is 11.4 Å². The number of hydrogen-bond acceptors (Lipinski definition) is 5. The monoisotopic (exact) mass is 331 g/mol. The first-order chi connectivity index (χ1) is 11.0. The Labute approximate surface area is 137 Å². The van der Waals surface area contributed by atoms with Gasteiger partial charge in [-0.3, -0.25) is 14.8 Å². The van der Waals surface area contributed by atoms with Crippen LogP contribution in [0, 0.1) is 13.8 Å². The van der Waals surface area contributed by atoms with Crippen LogP contribution >= 0.6 is 0 Å². The molecule has 6 nitrogen and oxygen atoms in total. The molecule has 0 bridgehead atoms. The van der Waals surface area contributed by atoms with E-state index in [1.807, 2.05) is 13.8 Å². The van der Waals surface area contributed by atoms with E-state index in [0.717, 1.165) is 16.9 Å². The van der Waals surface area contributed by atoms with E-state index in [1.165, 1.54) is 0 Å². The lowest BCUT2D eigenvalue weighted by molar-refractivity contribution is 0.0990. The van der Waals surface area contributed by atoms with E-state index >= 15 is 0 Å². The van der Waals surface area contributed by atoms with Gasteiger partial charge in [-0.25, -0.2) is 0 Å². The number of H-pyrrole nitrogens is 1. The Balaban J connectivity index is 1.87. The molecule has 2 heterocycles. The average Bonchev–Trinajstić information content (AvgIpc) is 2.96. The van der Waals surface area contributed by atoms with Crippen LogP contribution in [0.2, 0.25) is 0 Å². The summed E-state index contributed by atoms with van der Waals surface area (Å²) < 4.78 is 17.9. The molecule has 2 aromatic rings. The third-order valence-corrected chi connectivity index (χ3v) is 4.96. The Morgan fingerprint density at radius 3 is 2.91 bits per heavy atom. The zero-order valence-electron chi connectivity index (χ0n) is 13.2. The Morgan fingerprint density at radius 2 is 2.22 bits per heavy atom. The normalized spacial score (nSPS) is 14.7. The molecule has 1 atom stereocenters. The topological polar surface area (TPSA) is 90.9 Å². The third-order valence-electron chi connectivity index (χ3n) is 3.80. The number of Topliss-reactive ketones (excluding diaryl/α,β-unsaturated/α-hetero) is 1. The van der Waals surface area contributed by atoms with Crippen LogP contribution in [0.15, 0.2) is 17.4 Å². The van der Waals surface area contributed by atoms with E-state index in [-0.39, 0.29) is 11.5 Å². The summed E-state index contributed by atoms with van der Waals surface area (Å²) in [5.74, 6) is 0.907. The zero-order valence-corrected chi connectivity index (χ0v) is 14.0. The van der Waals surface area contributed by atoms with Gasteiger partial charge >= 0.3 is 5.16 Å². The van der Waals surface area contributed by atoms with Gasteiger partial charge in [0, 0.05) is 34.9 Å². The van der Waals surface area contributed by atoms with Gasteiger partial charge in [0.05, 0.1) is 18.5 Å². The van der Waals surface area contributed by atoms with Crippen molar-refractivity contribution in [1.82, 2.24) is 15.0 Å². The van der Waals surface area contributed by atoms with Crippen molar-refractivity contribution < 1.29 is 14.1 Å². The number of aromatic amines is 1. The molecule has 120 valence electrons. The van der Waals surface area contributed by atoms with Gasteiger partial charge in [-0.15, -0.1) is 0 Å². The summed E-state index contributed by atoms with van der Waals surface area (Å²) >= 11 is -1.41. The number of pyridine rings is 1. The molecule has 0 saturated carbocycles. The summed E-state index contributed by atoms with van der Waals surface area (Å²) in [6.45, 7) is 3.81. The largest absolute Gasteiger partial charge is 0.609 e. The molecule has 0 aromatic carbocycles. The van der Waals surface area contributed by atoms with Crippen molar-refractivity contribution in [2.45, 2.75) is 31.2 Å². The van der Waals surface area contributed by atoms with E-state index in [9.17, 15) is 9.35 Å². The second kappa shape index (κ2) is 6.17. The molecule has 3 rings (SSSR count). The summed E-state index contributed by atoms with van der Waals surface area (Å²) in [4.78, 5) is 23.3. The first-order valence-electron chi connectivity index (χ1n) is 7.18. The van der Waals surface area contributed by atoms with Crippen molar-refractivity contribution in [3.05, 3.63) is 40.5 Å². The molecule has 1 aliphatic rings. The minimum absolute atomic E-state index is 0.0617. The fraction of sp³-hybridized carbons (Fsp3) is 0.312. The third kappa shape index (κ3) is 2.89. The van der Waals surface area contributed by atoms with Crippen molar-refractivity contribution in [2.75, 3.05) is 7.11 Å². The molecule has 7 heteroatoms. The lowest BCUT2D eigenvalue weighted by Gasteiger charge is -2.13. The van der Waals surface area contributed by atoms with E-state index in [0.29, 0.717) is 28.7 Å². The number of aryl methyl sites for hydroxylation is 1. The van der Waals surface area contributed by atoms with Crippen molar-refractivity contribution in [1.29, 1.82) is 0 Å². The first kappa shape index (κ1) is 15.8. The predicted molar refractivity (Wildman–Crippen MR) is 86.9 cm³/mol. The molecule has 1 N–H and O–H groups in total. The number of nitrogens with zero attached hydrogens (tertiary/aromatic N) is 2. The molecular weight excluding hydrogens is 314 g/mol. The molecule has 23 heavy (non-hydrogen) atoms. The highest BCUT2D eigenvalue weighted by Crippen LogP contribution is 2.27. The van der Waals surface area contributed by atoms with Crippen LogP contribution in [-0.2, 0) is 16.9 Å². The van der Waals surface area contributed by atoms with Crippen LogP contribution in [0.5, 0.6) is 5.75 Å².